The van der Waals surface area contributed by atoms with Crippen LogP contribution in [0.3, 0.4) is 0 Å². The van der Waals surface area contributed by atoms with Crippen LogP contribution in [0.4, 0.5) is 17.6 Å². The summed E-state index contributed by atoms with van der Waals surface area (Å²) in [5.74, 6) is -1.92. The monoisotopic (exact) mass is 597 g/mol. The minimum atomic E-state index is -5.03. The highest BCUT2D eigenvalue weighted by molar-refractivity contribution is 5.92. The minimum Gasteiger partial charge on any atom is -0.466 e. The van der Waals surface area contributed by atoms with Crippen molar-refractivity contribution in [3.8, 4) is 16.9 Å². The summed E-state index contributed by atoms with van der Waals surface area (Å²) in [4.78, 5) is 28.9. The summed E-state index contributed by atoms with van der Waals surface area (Å²) in [5.41, 5.74) is 4.12. The molecular formula is C32H31F4N3O4. The van der Waals surface area contributed by atoms with E-state index in [-0.39, 0.29) is 23.8 Å². The molecule has 43 heavy (non-hydrogen) atoms. The second-order valence-electron chi connectivity index (χ2n) is 10.7. The minimum absolute atomic E-state index is 0.111. The third-order valence-corrected chi connectivity index (χ3v) is 7.68. The van der Waals surface area contributed by atoms with Crippen LogP contribution in [0.2, 0.25) is 0 Å². The number of ether oxygens (including phenoxy) is 2. The lowest BCUT2D eigenvalue weighted by molar-refractivity contribution is -0.275. The van der Waals surface area contributed by atoms with Gasteiger partial charge in [-0.15, -0.1) is 13.2 Å². The van der Waals surface area contributed by atoms with Crippen molar-refractivity contribution < 1.29 is 36.6 Å². The molecule has 0 unspecified atom stereocenters. The molecule has 11 heteroatoms. The van der Waals surface area contributed by atoms with E-state index >= 15 is 0 Å². The summed E-state index contributed by atoms with van der Waals surface area (Å²) in [6, 6.07) is 15.1. The van der Waals surface area contributed by atoms with Gasteiger partial charge in [0, 0.05) is 25.4 Å². The lowest BCUT2D eigenvalue weighted by atomic mass is 9.77. The number of carbonyl (C=O) groups excluding carboxylic acids is 2. The average molecular weight is 598 g/mol. The normalized spacial score (nSPS) is 17.0. The molecule has 1 fully saturated rings. The van der Waals surface area contributed by atoms with Gasteiger partial charge in [-0.05, 0) is 91.0 Å². The second kappa shape index (κ2) is 12.8. The number of pyridine rings is 1. The van der Waals surface area contributed by atoms with Crippen molar-refractivity contribution in [2.24, 2.45) is 5.92 Å². The molecule has 1 aliphatic carbocycles. The number of hydrogen-bond donors (Lipinski definition) is 1. The number of hydrogen-bond acceptors (Lipinski definition) is 5. The van der Waals surface area contributed by atoms with Gasteiger partial charge < -0.3 is 19.2 Å². The number of amides is 1. The van der Waals surface area contributed by atoms with E-state index in [2.05, 4.69) is 39.3 Å². The average Bonchev–Trinajstić information content (AvgIpc) is 3.41. The Morgan fingerprint density at radius 3 is 2.40 bits per heavy atom. The molecule has 1 amide bonds. The predicted molar refractivity (Wildman–Crippen MR) is 151 cm³/mol. The van der Waals surface area contributed by atoms with Crippen LogP contribution in [0.15, 0.2) is 67.0 Å². The number of carbonyl (C=O) groups is 2. The molecule has 2 aromatic heterocycles. The van der Waals surface area contributed by atoms with Gasteiger partial charge in [0.05, 0.1) is 6.61 Å². The summed E-state index contributed by atoms with van der Waals surface area (Å²) in [6.07, 6.45) is 3.00. The van der Waals surface area contributed by atoms with Crippen LogP contribution in [0.1, 0.15) is 66.6 Å². The number of halogens is 4. The van der Waals surface area contributed by atoms with Crippen LogP contribution >= 0.6 is 0 Å². The summed E-state index contributed by atoms with van der Waals surface area (Å²) in [7, 11) is 0. The van der Waals surface area contributed by atoms with E-state index in [1.165, 1.54) is 11.6 Å². The largest absolute Gasteiger partial charge is 0.573 e. The fraction of sp³-hybridized carbons (Fsp3) is 0.344. The summed E-state index contributed by atoms with van der Waals surface area (Å²) < 4.78 is 61.7. The number of nitrogens with one attached hydrogen (secondary N) is 1. The van der Waals surface area contributed by atoms with E-state index in [9.17, 15) is 27.2 Å². The van der Waals surface area contributed by atoms with Crippen LogP contribution in [0, 0.1) is 11.7 Å². The quantitative estimate of drug-likeness (QED) is 0.163. The molecule has 1 saturated carbocycles. The molecule has 0 radical (unpaired) electrons. The van der Waals surface area contributed by atoms with Crippen molar-refractivity contribution in [1.29, 1.82) is 0 Å². The molecule has 2 heterocycles. The zero-order valence-corrected chi connectivity index (χ0v) is 23.5. The first kappa shape index (κ1) is 30.1. The van der Waals surface area contributed by atoms with E-state index < -0.39 is 23.8 Å². The highest BCUT2D eigenvalue weighted by Crippen LogP contribution is 2.38. The molecule has 226 valence electrons. The summed E-state index contributed by atoms with van der Waals surface area (Å²) in [6.45, 7) is 2.09. The Bertz CT molecular complexity index is 1590. The summed E-state index contributed by atoms with van der Waals surface area (Å²) >= 11 is 0. The van der Waals surface area contributed by atoms with Gasteiger partial charge in [-0.2, -0.15) is 0 Å². The Kier molecular flexibility index (Phi) is 8.98. The smallest absolute Gasteiger partial charge is 0.466 e. The van der Waals surface area contributed by atoms with Crippen LogP contribution in [0.5, 0.6) is 5.75 Å². The maximum Gasteiger partial charge on any atom is 0.573 e. The van der Waals surface area contributed by atoms with Crippen molar-refractivity contribution in [3.05, 3.63) is 89.6 Å². The topological polar surface area (TPSA) is 81.9 Å². The third-order valence-electron chi connectivity index (χ3n) is 7.68. The molecule has 0 atom stereocenters. The standard InChI is InChI=1S/C32H31F4N3O4/c1-2-42-30(40)16-20-3-6-22(7-4-20)23-8-10-24(11-9-23)25-12-14-29-38-27(19-39(29)18-25)31(41)37-17-21-5-13-26(33)28(15-21)43-32(34,35)36/h5,8-15,18-20,22H,2-4,6-7,16-17H2,1H3,(H,37,41). The zero-order valence-electron chi connectivity index (χ0n) is 23.5. The van der Waals surface area contributed by atoms with Crippen molar-refractivity contribution in [1.82, 2.24) is 14.7 Å². The van der Waals surface area contributed by atoms with Crippen molar-refractivity contribution in [2.45, 2.75) is 57.9 Å². The molecule has 0 bridgehead atoms. The molecule has 1 N–H and O–H groups in total. The van der Waals surface area contributed by atoms with Crippen LogP contribution in [-0.4, -0.2) is 34.2 Å². The van der Waals surface area contributed by atoms with Crippen molar-refractivity contribution in [3.63, 3.8) is 0 Å². The van der Waals surface area contributed by atoms with E-state index in [1.54, 1.807) is 16.7 Å². The highest BCUT2D eigenvalue weighted by atomic mass is 19.4. The number of fused-ring (bicyclic) bond motifs is 1. The molecule has 1 aliphatic rings. The lowest BCUT2D eigenvalue weighted by Crippen LogP contribution is -2.23. The second-order valence-corrected chi connectivity index (χ2v) is 10.7. The molecule has 2 aromatic carbocycles. The number of nitrogens with zero attached hydrogens (tertiary/aromatic N) is 2. The van der Waals surface area contributed by atoms with Gasteiger partial charge >= 0.3 is 12.3 Å². The Hall–Kier alpha value is -4.41. The number of esters is 1. The Morgan fingerprint density at radius 1 is 0.977 bits per heavy atom. The van der Waals surface area contributed by atoms with Gasteiger partial charge in [-0.1, -0.05) is 30.3 Å². The molecular weight excluding hydrogens is 566 g/mol. The van der Waals surface area contributed by atoms with Gasteiger partial charge in [-0.3, -0.25) is 9.59 Å². The van der Waals surface area contributed by atoms with E-state index in [0.717, 1.165) is 48.9 Å². The fourth-order valence-corrected chi connectivity index (χ4v) is 5.51. The van der Waals surface area contributed by atoms with Crippen molar-refractivity contribution >= 4 is 17.5 Å². The van der Waals surface area contributed by atoms with Gasteiger partial charge in [0.25, 0.3) is 5.91 Å². The predicted octanol–water partition coefficient (Wildman–Crippen LogP) is 7.20. The molecule has 4 aromatic rings. The van der Waals surface area contributed by atoms with Crippen LogP contribution in [-0.2, 0) is 16.1 Å². The number of benzene rings is 2. The molecule has 0 spiro atoms. The Morgan fingerprint density at radius 2 is 1.70 bits per heavy atom. The van der Waals surface area contributed by atoms with E-state index in [1.807, 2.05) is 19.2 Å². The van der Waals surface area contributed by atoms with Gasteiger partial charge in [-0.25, -0.2) is 9.37 Å². The zero-order chi connectivity index (χ0) is 30.6. The Balaban J connectivity index is 1.20. The van der Waals surface area contributed by atoms with E-state index in [4.69, 9.17) is 4.74 Å². The van der Waals surface area contributed by atoms with E-state index in [0.29, 0.717) is 30.5 Å². The summed E-state index contributed by atoms with van der Waals surface area (Å²) in [5, 5.41) is 2.59. The maximum atomic E-state index is 13.7. The number of imidazole rings is 1. The molecule has 5 rings (SSSR count). The van der Waals surface area contributed by atoms with Gasteiger partial charge in [0.15, 0.2) is 11.6 Å². The maximum absolute atomic E-state index is 13.7. The SMILES string of the molecule is CCOC(=O)CC1CCC(c2ccc(-c3ccc4nc(C(=O)NCc5ccc(F)c(OC(F)(F)F)c5)cn4c3)cc2)CC1. The van der Waals surface area contributed by atoms with Gasteiger partial charge in [0.2, 0.25) is 0 Å². The van der Waals surface area contributed by atoms with Crippen molar-refractivity contribution in [2.75, 3.05) is 6.61 Å². The Labute approximate surface area is 245 Å². The first-order valence-electron chi connectivity index (χ1n) is 14.1. The van der Waals surface area contributed by atoms with Gasteiger partial charge in [0.1, 0.15) is 11.3 Å². The third kappa shape index (κ3) is 7.71. The number of alkyl halides is 3. The fourth-order valence-electron chi connectivity index (χ4n) is 5.51. The lowest BCUT2D eigenvalue weighted by Gasteiger charge is -2.28. The molecule has 0 saturated heterocycles. The first-order chi connectivity index (χ1) is 20.6. The highest BCUT2D eigenvalue weighted by Gasteiger charge is 2.32. The number of aromatic nitrogens is 2. The molecule has 7 nitrogen and oxygen atoms in total. The van der Waals surface area contributed by atoms with Crippen LogP contribution < -0.4 is 10.1 Å². The number of rotatable bonds is 9. The first-order valence-corrected chi connectivity index (χ1v) is 14.1. The van der Waals surface area contributed by atoms with Crippen LogP contribution in [0.25, 0.3) is 16.8 Å². The molecule has 0 aliphatic heterocycles.